The average molecular weight is 209 g/mol. The Bertz CT molecular complexity index is 377. The Balaban J connectivity index is 2.06. The molecule has 0 aliphatic carbocycles. The Labute approximate surface area is 88.5 Å². The highest BCUT2D eigenvalue weighted by Crippen LogP contribution is 2.21. The number of carbonyl (C=O) groups excluding carboxylic acids is 1. The van der Waals surface area contributed by atoms with E-state index < -0.39 is 0 Å². The molecule has 1 saturated heterocycles. The normalized spacial score (nSPS) is 16.6. The maximum Gasteiger partial charge on any atom is 0.289 e. The van der Waals surface area contributed by atoms with E-state index in [1.54, 1.807) is 4.90 Å². The van der Waals surface area contributed by atoms with Crippen molar-refractivity contribution < 1.29 is 14.3 Å². The van der Waals surface area contributed by atoms with Crippen molar-refractivity contribution in [1.29, 1.82) is 0 Å². The summed E-state index contributed by atoms with van der Waals surface area (Å²) in [6.45, 7) is 5.12. The monoisotopic (exact) mass is 209 g/mol. The summed E-state index contributed by atoms with van der Waals surface area (Å²) in [6.07, 6.45) is 0. The van der Waals surface area contributed by atoms with Gasteiger partial charge in [0.2, 0.25) is 0 Å². The van der Waals surface area contributed by atoms with Crippen molar-refractivity contribution in [1.82, 2.24) is 4.90 Å². The second kappa shape index (κ2) is 3.70. The Morgan fingerprint density at radius 2 is 2.27 bits per heavy atom. The fourth-order valence-electron chi connectivity index (χ4n) is 1.85. The number of aliphatic hydroxyl groups is 1. The van der Waals surface area contributed by atoms with Crippen LogP contribution in [0.2, 0.25) is 0 Å². The molecule has 2 rings (SSSR count). The van der Waals surface area contributed by atoms with Crippen LogP contribution in [0.5, 0.6) is 0 Å². The van der Waals surface area contributed by atoms with Gasteiger partial charge in [0.1, 0.15) is 5.76 Å². The topological polar surface area (TPSA) is 53.7 Å². The zero-order chi connectivity index (χ0) is 11.0. The molecular formula is C11H15NO3. The van der Waals surface area contributed by atoms with Gasteiger partial charge in [-0.3, -0.25) is 4.79 Å². The first-order valence-electron chi connectivity index (χ1n) is 5.09. The average Bonchev–Trinajstić information content (AvgIpc) is 2.43. The van der Waals surface area contributed by atoms with Crippen LogP contribution in [-0.4, -0.2) is 35.6 Å². The number of aliphatic hydroxyl groups excluding tert-OH is 1. The number of likely N-dealkylation sites (tertiary alicyclic amines) is 1. The number of amides is 1. The van der Waals surface area contributed by atoms with Crippen molar-refractivity contribution in [2.24, 2.45) is 5.92 Å². The number of furan rings is 1. The number of hydrogen-bond donors (Lipinski definition) is 1. The summed E-state index contributed by atoms with van der Waals surface area (Å²) in [7, 11) is 0. The third kappa shape index (κ3) is 1.77. The van der Waals surface area contributed by atoms with Gasteiger partial charge in [0.25, 0.3) is 5.91 Å². The van der Waals surface area contributed by atoms with Gasteiger partial charge in [0.15, 0.2) is 5.76 Å². The molecule has 0 aromatic carbocycles. The molecule has 1 aromatic heterocycles. The van der Waals surface area contributed by atoms with Crippen molar-refractivity contribution >= 4 is 5.91 Å². The lowest BCUT2D eigenvalue weighted by atomic mass is 10.0. The molecule has 0 bridgehead atoms. The van der Waals surface area contributed by atoms with Gasteiger partial charge in [-0.25, -0.2) is 0 Å². The Morgan fingerprint density at radius 3 is 2.73 bits per heavy atom. The minimum absolute atomic E-state index is 0.0645. The van der Waals surface area contributed by atoms with E-state index in [1.807, 2.05) is 19.9 Å². The lowest BCUT2D eigenvalue weighted by Crippen LogP contribution is -2.51. The molecule has 1 fully saturated rings. The van der Waals surface area contributed by atoms with Gasteiger partial charge < -0.3 is 14.4 Å². The molecule has 4 heteroatoms. The van der Waals surface area contributed by atoms with Crippen molar-refractivity contribution in [3.8, 4) is 0 Å². The number of nitrogens with zero attached hydrogens (tertiary/aromatic N) is 1. The van der Waals surface area contributed by atoms with Gasteiger partial charge in [0.05, 0.1) is 0 Å². The maximum atomic E-state index is 11.9. The molecule has 0 saturated carbocycles. The molecular weight excluding hydrogens is 194 g/mol. The summed E-state index contributed by atoms with van der Waals surface area (Å²) in [6, 6.07) is 1.86. The lowest BCUT2D eigenvalue weighted by molar-refractivity contribution is 0.0332. The molecule has 1 N–H and O–H groups in total. The van der Waals surface area contributed by atoms with Crippen LogP contribution >= 0.6 is 0 Å². The SMILES string of the molecule is Cc1cc(C)c(C(=O)N2CC(CO)C2)o1. The second-order valence-corrected chi connectivity index (χ2v) is 4.13. The minimum atomic E-state index is -0.0645. The lowest BCUT2D eigenvalue weighted by Gasteiger charge is -2.37. The first-order chi connectivity index (χ1) is 7.11. The van der Waals surface area contributed by atoms with Crippen LogP contribution in [0.3, 0.4) is 0 Å². The van der Waals surface area contributed by atoms with Crippen LogP contribution in [0.1, 0.15) is 21.9 Å². The highest BCUT2D eigenvalue weighted by molar-refractivity contribution is 5.93. The highest BCUT2D eigenvalue weighted by Gasteiger charge is 2.32. The number of rotatable bonds is 2. The van der Waals surface area contributed by atoms with E-state index >= 15 is 0 Å². The Hall–Kier alpha value is -1.29. The fraction of sp³-hybridized carbons (Fsp3) is 0.545. The summed E-state index contributed by atoms with van der Waals surface area (Å²) in [4.78, 5) is 13.6. The van der Waals surface area contributed by atoms with E-state index in [4.69, 9.17) is 9.52 Å². The third-order valence-electron chi connectivity index (χ3n) is 2.74. The number of hydrogen-bond acceptors (Lipinski definition) is 3. The van der Waals surface area contributed by atoms with Crippen LogP contribution in [-0.2, 0) is 0 Å². The van der Waals surface area contributed by atoms with Gasteiger partial charge >= 0.3 is 0 Å². The summed E-state index contributed by atoms with van der Waals surface area (Å²) in [5.74, 6) is 1.37. The molecule has 0 spiro atoms. The van der Waals surface area contributed by atoms with Crippen LogP contribution in [0.4, 0.5) is 0 Å². The quantitative estimate of drug-likeness (QED) is 0.789. The second-order valence-electron chi connectivity index (χ2n) is 4.13. The summed E-state index contributed by atoms with van der Waals surface area (Å²) in [5.41, 5.74) is 0.880. The van der Waals surface area contributed by atoms with Crippen LogP contribution in [0.25, 0.3) is 0 Å². The molecule has 4 nitrogen and oxygen atoms in total. The first-order valence-corrected chi connectivity index (χ1v) is 5.09. The predicted octanol–water partition coefficient (Wildman–Crippen LogP) is 0.961. The molecule has 15 heavy (non-hydrogen) atoms. The van der Waals surface area contributed by atoms with Crippen molar-refractivity contribution in [3.63, 3.8) is 0 Å². The molecule has 2 heterocycles. The molecule has 82 valence electrons. The van der Waals surface area contributed by atoms with E-state index in [-0.39, 0.29) is 18.4 Å². The van der Waals surface area contributed by atoms with Crippen molar-refractivity contribution in [3.05, 3.63) is 23.2 Å². The number of carbonyl (C=O) groups is 1. The van der Waals surface area contributed by atoms with Crippen LogP contribution in [0, 0.1) is 19.8 Å². The molecule has 1 aliphatic heterocycles. The van der Waals surface area contributed by atoms with E-state index in [1.165, 1.54) is 0 Å². The minimum Gasteiger partial charge on any atom is -0.456 e. The Kier molecular flexibility index (Phi) is 2.52. The van der Waals surface area contributed by atoms with E-state index in [2.05, 4.69) is 0 Å². The summed E-state index contributed by atoms with van der Waals surface area (Å²) in [5, 5.41) is 8.85. The standard InChI is InChI=1S/C11H15NO3/c1-7-3-8(2)15-10(7)11(14)12-4-9(5-12)6-13/h3,9,13H,4-6H2,1-2H3. The van der Waals surface area contributed by atoms with Gasteiger partial charge in [-0.2, -0.15) is 0 Å². The van der Waals surface area contributed by atoms with Gasteiger partial charge in [0, 0.05) is 31.2 Å². The fourth-order valence-corrected chi connectivity index (χ4v) is 1.85. The molecule has 1 aliphatic rings. The molecule has 0 radical (unpaired) electrons. The van der Waals surface area contributed by atoms with E-state index in [0.29, 0.717) is 18.8 Å². The molecule has 1 aromatic rings. The van der Waals surface area contributed by atoms with Gasteiger partial charge in [-0.1, -0.05) is 0 Å². The highest BCUT2D eigenvalue weighted by atomic mass is 16.4. The molecule has 0 unspecified atom stereocenters. The van der Waals surface area contributed by atoms with Gasteiger partial charge in [-0.15, -0.1) is 0 Å². The molecule has 1 amide bonds. The van der Waals surface area contributed by atoms with Crippen molar-refractivity contribution in [2.45, 2.75) is 13.8 Å². The zero-order valence-corrected chi connectivity index (χ0v) is 8.99. The largest absolute Gasteiger partial charge is 0.456 e. The van der Waals surface area contributed by atoms with Crippen LogP contribution < -0.4 is 0 Å². The van der Waals surface area contributed by atoms with E-state index in [9.17, 15) is 4.79 Å². The third-order valence-corrected chi connectivity index (χ3v) is 2.74. The zero-order valence-electron chi connectivity index (χ0n) is 8.99. The Morgan fingerprint density at radius 1 is 1.60 bits per heavy atom. The summed E-state index contributed by atoms with van der Waals surface area (Å²) < 4.78 is 5.35. The first kappa shape index (κ1) is 10.2. The predicted molar refractivity (Wildman–Crippen MR) is 54.7 cm³/mol. The van der Waals surface area contributed by atoms with Gasteiger partial charge in [-0.05, 0) is 19.9 Å². The van der Waals surface area contributed by atoms with Crippen LogP contribution in [0.15, 0.2) is 10.5 Å². The van der Waals surface area contributed by atoms with Crippen molar-refractivity contribution in [2.75, 3.05) is 19.7 Å². The molecule has 0 atom stereocenters. The summed E-state index contributed by atoms with van der Waals surface area (Å²) >= 11 is 0. The number of aryl methyl sites for hydroxylation is 2. The maximum absolute atomic E-state index is 11.9. The van der Waals surface area contributed by atoms with E-state index in [0.717, 1.165) is 11.3 Å². The smallest absolute Gasteiger partial charge is 0.289 e.